The third kappa shape index (κ3) is 13.3. The van der Waals surface area contributed by atoms with Crippen LogP contribution in [0.2, 0.25) is 0 Å². The molecule has 0 bridgehead atoms. The third-order valence-electron chi connectivity index (χ3n) is 1.98. The number of carbonyl (C=O) groups is 1. The van der Waals surface area contributed by atoms with Crippen LogP contribution in [0.4, 0.5) is 0 Å². The van der Waals surface area contributed by atoms with Crippen molar-refractivity contribution in [1.82, 2.24) is 5.32 Å². The lowest BCUT2D eigenvalue weighted by atomic mass is 9.92. The smallest absolute Gasteiger partial charge is 0.220 e. The zero-order valence-corrected chi connectivity index (χ0v) is 11.7. The summed E-state index contributed by atoms with van der Waals surface area (Å²) in [4.78, 5) is 11.4. The molecule has 4 heteroatoms. The number of amides is 1. The molecule has 0 heterocycles. The maximum Gasteiger partial charge on any atom is 0.220 e. The van der Waals surface area contributed by atoms with Crippen LogP contribution in [0, 0.1) is 5.41 Å². The molecule has 0 atom stereocenters. The Balaban J connectivity index is 3.25. The highest BCUT2D eigenvalue weighted by atomic mass is 16.5. The quantitative estimate of drug-likeness (QED) is 0.632. The first-order valence-electron chi connectivity index (χ1n) is 6.38. The van der Waals surface area contributed by atoms with E-state index in [1.165, 1.54) is 0 Å². The van der Waals surface area contributed by atoms with Gasteiger partial charge in [0.25, 0.3) is 0 Å². The first-order chi connectivity index (χ1) is 7.95. The van der Waals surface area contributed by atoms with Gasteiger partial charge in [-0.15, -0.1) is 0 Å². The van der Waals surface area contributed by atoms with Crippen molar-refractivity contribution in [3.8, 4) is 0 Å². The second-order valence-corrected chi connectivity index (χ2v) is 5.31. The number of rotatable bonds is 9. The van der Waals surface area contributed by atoms with Gasteiger partial charge in [-0.1, -0.05) is 27.7 Å². The molecule has 0 saturated carbocycles. The second-order valence-electron chi connectivity index (χ2n) is 5.31. The van der Waals surface area contributed by atoms with Gasteiger partial charge < -0.3 is 14.8 Å². The highest BCUT2D eigenvalue weighted by Gasteiger charge is 2.14. The molecule has 0 fully saturated rings. The second kappa shape index (κ2) is 9.42. The molecule has 0 unspecified atom stereocenters. The average molecular weight is 245 g/mol. The lowest BCUT2D eigenvalue weighted by Gasteiger charge is -2.17. The van der Waals surface area contributed by atoms with Gasteiger partial charge >= 0.3 is 0 Å². The fourth-order valence-corrected chi connectivity index (χ4v) is 1.27. The van der Waals surface area contributed by atoms with E-state index in [1.807, 2.05) is 20.8 Å². The number of hydrogen-bond acceptors (Lipinski definition) is 3. The molecule has 0 rings (SSSR count). The molecule has 1 amide bonds. The molecule has 0 aromatic rings. The van der Waals surface area contributed by atoms with Crippen LogP contribution in [0.15, 0.2) is 0 Å². The molecule has 0 aromatic heterocycles. The maximum absolute atomic E-state index is 11.4. The standard InChI is InChI=1S/C13H27NO3/c1-5-7-16-9-10-17-8-6-14-12(15)11-13(2,3)4/h5-11H2,1-4H3,(H,14,15). The highest BCUT2D eigenvalue weighted by Crippen LogP contribution is 2.17. The summed E-state index contributed by atoms with van der Waals surface area (Å²) in [6.45, 7) is 11.3. The van der Waals surface area contributed by atoms with E-state index in [4.69, 9.17) is 9.47 Å². The lowest BCUT2D eigenvalue weighted by Crippen LogP contribution is -2.30. The van der Waals surface area contributed by atoms with Crippen LogP contribution in [0.25, 0.3) is 0 Å². The molecule has 0 aliphatic heterocycles. The van der Waals surface area contributed by atoms with Crippen LogP contribution < -0.4 is 5.32 Å². The Labute approximate surface area is 105 Å². The molecule has 0 aliphatic rings. The molecule has 0 saturated heterocycles. The number of ether oxygens (including phenoxy) is 2. The van der Waals surface area contributed by atoms with E-state index in [0.717, 1.165) is 13.0 Å². The topological polar surface area (TPSA) is 47.6 Å². The summed E-state index contributed by atoms with van der Waals surface area (Å²) in [5.74, 6) is 0.0864. The molecule has 4 nitrogen and oxygen atoms in total. The van der Waals surface area contributed by atoms with Crippen LogP contribution in [0.5, 0.6) is 0 Å². The summed E-state index contributed by atoms with van der Waals surface area (Å²) in [5, 5.41) is 2.84. The summed E-state index contributed by atoms with van der Waals surface area (Å²) < 4.78 is 10.6. The Morgan fingerprint density at radius 2 is 1.65 bits per heavy atom. The molecule has 0 radical (unpaired) electrons. The summed E-state index contributed by atoms with van der Waals surface area (Å²) in [5.41, 5.74) is 0.0406. The summed E-state index contributed by atoms with van der Waals surface area (Å²) in [7, 11) is 0. The van der Waals surface area contributed by atoms with Gasteiger partial charge in [-0.25, -0.2) is 0 Å². The number of carbonyl (C=O) groups excluding carboxylic acids is 1. The molecule has 0 aliphatic carbocycles. The van der Waals surface area contributed by atoms with Crippen molar-refractivity contribution in [2.45, 2.75) is 40.5 Å². The van der Waals surface area contributed by atoms with E-state index < -0.39 is 0 Å². The predicted molar refractivity (Wildman–Crippen MR) is 69.0 cm³/mol. The monoisotopic (exact) mass is 245 g/mol. The largest absolute Gasteiger partial charge is 0.379 e. The third-order valence-corrected chi connectivity index (χ3v) is 1.98. The van der Waals surface area contributed by atoms with E-state index in [0.29, 0.717) is 32.8 Å². The van der Waals surface area contributed by atoms with E-state index in [-0.39, 0.29) is 11.3 Å². The Morgan fingerprint density at radius 3 is 2.18 bits per heavy atom. The maximum atomic E-state index is 11.4. The molecule has 102 valence electrons. The summed E-state index contributed by atoms with van der Waals surface area (Å²) >= 11 is 0. The Hall–Kier alpha value is -0.610. The minimum atomic E-state index is 0.0406. The summed E-state index contributed by atoms with van der Waals surface area (Å²) in [6, 6.07) is 0. The Morgan fingerprint density at radius 1 is 1.06 bits per heavy atom. The van der Waals surface area contributed by atoms with E-state index in [9.17, 15) is 4.79 Å². The van der Waals surface area contributed by atoms with Crippen LogP contribution in [-0.4, -0.2) is 38.9 Å². The van der Waals surface area contributed by atoms with Crippen LogP contribution in [0.3, 0.4) is 0 Å². The zero-order valence-electron chi connectivity index (χ0n) is 11.7. The van der Waals surface area contributed by atoms with E-state index >= 15 is 0 Å². The van der Waals surface area contributed by atoms with Crippen LogP contribution in [0.1, 0.15) is 40.5 Å². The highest BCUT2D eigenvalue weighted by molar-refractivity contribution is 5.76. The van der Waals surface area contributed by atoms with Crippen molar-refractivity contribution in [3.63, 3.8) is 0 Å². The molecule has 0 spiro atoms. The van der Waals surface area contributed by atoms with Gasteiger partial charge in [0.05, 0.1) is 19.8 Å². The Kier molecular flexibility index (Phi) is 9.09. The Bertz CT molecular complexity index is 199. The van der Waals surface area contributed by atoms with Gasteiger partial charge in [-0.3, -0.25) is 4.79 Å². The fraction of sp³-hybridized carbons (Fsp3) is 0.923. The average Bonchev–Trinajstić information content (AvgIpc) is 2.19. The van der Waals surface area contributed by atoms with Gasteiger partial charge in [0, 0.05) is 19.6 Å². The minimum absolute atomic E-state index is 0.0406. The van der Waals surface area contributed by atoms with Crippen molar-refractivity contribution in [2.75, 3.05) is 33.0 Å². The predicted octanol–water partition coefficient (Wildman–Crippen LogP) is 1.98. The van der Waals surface area contributed by atoms with Crippen molar-refractivity contribution < 1.29 is 14.3 Å². The fourth-order valence-electron chi connectivity index (χ4n) is 1.27. The van der Waals surface area contributed by atoms with Crippen LogP contribution >= 0.6 is 0 Å². The van der Waals surface area contributed by atoms with Gasteiger partial charge in [0.1, 0.15) is 0 Å². The van der Waals surface area contributed by atoms with Gasteiger partial charge in [-0.2, -0.15) is 0 Å². The molecule has 17 heavy (non-hydrogen) atoms. The van der Waals surface area contributed by atoms with Crippen molar-refractivity contribution in [3.05, 3.63) is 0 Å². The van der Waals surface area contributed by atoms with E-state index in [1.54, 1.807) is 0 Å². The van der Waals surface area contributed by atoms with Crippen molar-refractivity contribution in [1.29, 1.82) is 0 Å². The van der Waals surface area contributed by atoms with Gasteiger partial charge in [0.15, 0.2) is 0 Å². The zero-order chi connectivity index (χ0) is 13.1. The lowest BCUT2D eigenvalue weighted by molar-refractivity contribution is -0.123. The van der Waals surface area contributed by atoms with E-state index in [2.05, 4.69) is 12.2 Å². The van der Waals surface area contributed by atoms with Gasteiger partial charge in [0.2, 0.25) is 5.91 Å². The normalized spacial score (nSPS) is 11.5. The van der Waals surface area contributed by atoms with Crippen molar-refractivity contribution in [2.24, 2.45) is 5.41 Å². The first kappa shape index (κ1) is 16.4. The van der Waals surface area contributed by atoms with Gasteiger partial charge in [-0.05, 0) is 11.8 Å². The first-order valence-corrected chi connectivity index (χ1v) is 6.38. The molecule has 1 N–H and O–H groups in total. The summed E-state index contributed by atoms with van der Waals surface area (Å²) in [6.07, 6.45) is 1.58. The molecule has 0 aromatic carbocycles. The molecular weight excluding hydrogens is 218 g/mol. The number of nitrogens with one attached hydrogen (secondary N) is 1. The SMILES string of the molecule is CCCOCCOCCNC(=O)CC(C)(C)C. The molecular formula is C13H27NO3. The van der Waals surface area contributed by atoms with Crippen LogP contribution in [-0.2, 0) is 14.3 Å². The minimum Gasteiger partial charge on any atom is -0.379 e. The van der Waals surface area contributed by atoms with Crippen molar-refractivity contribution >= 4 is 5.91 Å². The number of hydrogen-bond donors (Lipinski definition) is 1.